The van der Waals surface area contributed by atoms with Crippen molar-refractivity contribution < 1.29 is 24.5 Å². The molecule has 44 heavy (non-hydrogen) atoms. The summed E-state index contributed by atoms with van der Waals surface area (Å²) in [6.07, 6.45) is -0.113. The Morgan fingerprint density at radius 3 is 2.23 bits per heavy atom. The van der Waals surface area contributed by atoms with Crippen molar-refractivity contribution in [3.05, 3.63) is 96.4 Å². The smallest absolute Gasteiger partial charge is 0.306 e. The molecule has 17 heteroatoms. The zero-order valence-electron chi connectivity index (χ0n) is 22.9. The Morgan fingerprint density at radius 1 is 1.02 bits per heavy atom. The molecule has 1 fully saturated rings. The number of carbonyl (C=O) groups is 3. The molecule has 230 valence electrons. The lowest BCUT2D eigenvalue weighted by atomic mass is 9.99. The lowest BCUT2D eigenvalue weighted by molar-refractivity contribution is -0.384. The lowest BCUT2D eigenvalue weighted by Gasteiger charge is -2.38. The van der Waals surface area contributed by atoms with Gasteiger partial charge in [-0.3, -0.25) is 25.0 Å². The largest absolute Gasteiger partial charge is 0.347 e. The fourth-order valence-corrected chi connectivity index (χ4v) is 5.00. The van der Waals surface area contributed by atoms with Crippen molar-refractivity contribution in [1.29, 1.82) is 0 Å². The van der Waals surface area contributed by atoms with E-state index in [0.717, 1.165) is 9.80 Å². The number of amides is 5. The van der Waals surface area contributed by atoms with E-state index < -0.39 is 41.1 Å². The molecule has 3 aromatic rings. The minimum Gasteiger partial charge on any atom is -0.306 e. The van der Waals surface area contributed by atoms with E-state index in [2.05, 4.69) is 15.8 Å². The second kappa shape index (κ2) is 13.2. The highest BCUT2D eigenvalue weighted by Crippen LogP contribution is 2.39. The predicted octanol–water partition coefficient (Wildman–Crippen LogP) is 6.63. The third-order valence-corrected chi connectivity index (χ3v) is 8.09. The Bertz CT molecular complexity index is 1650. The number of rotatable bonds is 8. The number of urea groups is 2. The van der Waals surface area contributed by atoms with Gasteiger partial charge in [0.25, 0.3) is 11.6 Å². The van der Waals surface area contributed by atoms with Crippen LogP contribution in [0.1, 0.15) is 19.4 Å². The molecule has 3 aromatic carbocycles. The van der Waals surface area contributed by atoms with Gasteiger partial charge in [-0.2, -0.15) is 10.2 Å². The van der Waals surface area contributed by atoms with E-state index in [0.29, 0.717) is 10.6 Å². The lowest BCUT2D eigenvalue weighted by Crippen LogP contribution is -2.58. The molecule has 3 N–H and O–H groups in total. The van der Waals surface area contributed by atoms with Crippen LogP contribution in [0, 0.1) is 10.1 Å². The third kappa shape index (κ3) is 6.98. The number of nitrogens with zero attached hydrogens (tertiary/aromatic N) is 5. The summed E-state index contributed by atoms with van der Waals surface area (Å²) in [5.74, 6) is -0.705. The second-order valence-corrected chi connectivity index (χ2v) is 11.5. The van der Waals surface area contributed by atoms with Crippen molar-refractivity contribution in [2.24, 2.45) is 5.10 Å². The predicted molar refractivity (Wildman–Crippen MR) is 167 cm³/mol. The number of nitrogens with one attached hydrogen (secondary N) is 2. The van der Waals surface area contributed by atoms with Crippen molar-refractivity contribution in [2.45, 2.75) is 25.6 Å². The van der Waals surface area contributed by atoms with Gasteiger partial charge in [0.05, 0.1) is 36.8 Å². The van der Waals surface area contributed by atoms with Gasteiger partial charge in [0.1, 0.15) is 6.54 Å². The normalized spacial score (nSPS) is 15.9. The van der Waals surface area contributed by atoms with Crippen LogP contribution in [0.15, 0.2) is 65.8 Å². The van der Waals surface area contributed by atoms with Gasteiger partial charge in [0.15, 0.2) is 6.17 Å². The Morgan fingerprint density at radius 2 is 1.64 bits per heavy atom. The molecular formula is C27H23Cl4N7O6. The third-order valence-electron chi connectivity index (χ3n) is 6.61. The summed E-state index contributed by atoms with van der Waals surface area (Å²) >= 11 is 24.3. The van der Waals surface area contributed by atoms with E-state index in [1.165, 1.54) is 66.9 Å². The number of hydrogen-bond acceptors (Lipinski definition) is 7. The standard InChI is InChI=1S/C27H23Cl4N7O6/c1-27(2)24(37(42)25(40)33-16-5-9-19(28)21(30)11-16)36(18-8-10-20(29)22(31)12-18)26(41)35(27)14-23(39)34-32-13-15-3-6-17(7-4-15)38(43)44/h3-13,24,42H,14H2,1-2H3,(H,33,40)(H,34,39)/b32-13-. The van der Waals surface area contributed by atoms with Gasteiger partial charge in [-0.25, -0.2) is 15.0 Å². The molecule has 1 aliphatic rings. The molecule has 4 rings (SSSR count). The van der Waals surface area contributed by atoms with Gasteiger partial charge in [0.2, 0.25) is 0 Å². The fraction of sp³-hybridized carbons (Fsp3) is 0.185. The van der Waals surface area contributed by atoms with Crippen LogP contribution in [0.5, 0.6) is 0 Å². The summed E-state index contributed by atoms with van der Waals surface area (Å²) in [5, 5.41) is 29.4. The average Bonchev–Trinajstić information content (AvgIpc) is 3.16. The van der Waals surface area contributed by atoms with E-state index in [9.17, 15) is 29.7 Å². The molecule has 0 saturated carbocycles. The molecule has 0 aliphatic carbocycles. The maximum absolute atomic E-state index is 13.8. The monoisotopic (exact) mass is 681 g/mol. The number of benzene rings is 3. The molecular weight excluding hydrogens is 660 g/mol. The number of nitro benzene ring substituents is 1. The quantitative estimate of drug-likeness (QED) is 0.105. The van der Waals surface area contributed by atoms with Crippen molar-refractivity contribution in [2.75, 3.05) is 16.8 Å². The fourth-order valence-electron chi connectivity index (χ4n) is 4.41. The van der Waals surface area contributed by atoms with Crippen molar-refractivity contribution >= 4 is 87.6 Å². The van der Waals surface area contributed by atoms with E-state index in [1.54, 1.807) is 13.8 Å². The maximum atomic E-state index is 13.8. The highest BCUT2D eigenvalue weighted by atomic mass is 35.5. The second-order valence-electron chi connectivity index (χ2n) is 9.91. The van der Waals surface area contributed by atoms with Crippen LogP contribution in [0.3, 0.4) is 0 Å². The molecule has 1 atom stereocenters. The first kappa shape index (κ1) is 32.8. The maximum Gasteiger partial charge on any atom is 0.347 e. The summed E-state index contributed by atoms with van der Waals surface area (Å²) < 4.78 is 0. The first-order chi connectivity index (χ1) is 20.7. The number of hydrogen-bond donors (Lipinski definition) is 3. The van der Waals surface area contributed by atoms with E-state index in [4.69, 9.17) is 46.4 Å². The van der Waals surface area contributed by atoms with Crippen LogP contribution in [-0.2, 0) is 4.79 Å². The number of non-ortho nitro benzene ring substituents is 1. The van der Waals surface area contributed by atoms with Crippen molar-refractivity contribution in [3.8, 4) is 0 Å². The molecule has 1 heterocycles. The van der Waals surface area contributed by atoms with Gasteiger partial charge in [-0.15, -0.1) is 0 Å². The Kier molecular flexibility index (Phi) is 9.86. The number of anilines is 2. The van der Waals surface area contributed by atoms with Gasteiger partial charge in [0, 0.05) is 23.5 Å². The van der Waals surface area contributed by atoms with Crippen LogP contribution in [0.4, 0.5) is 26.7 Å². The number of carbonyl (C=O) groups excluding carboxylic acids is 3. The topological polar surface area (TPSA) is 161 Å². The molecule has 13 nitrogen and oxygen atoms in total. The summed E-state index contributed by atoms with van der Waals surface area (Å²) in [7, 11) is 0. The Labute approximate surface area is 270 Å². The summed E-state index contributed by atoms with van der Waals surface area (Å²) in [5.41, 5.74) is 1.69. The zero-order valence-corrected chi connectivity index (χ0v) is 25.9. The minimum absolute atomic E-state index is 0.106. The first-order valence-corrected chi connectivity index (χ1v) is 14.1. The zero-order chi connectivity index (χ0) is 32.3. The summed E-state index contributed by atoms with van der Waals surface area (Å²) in [6.45, 7) is 2.58. The number of hydroxylamine groups is 2. The Hall–Kier alpha value is -4.14. The SMILES string of the molecule is CC1(C)C(N(O)C(=O)Nc2ccc(Cl)c(Cl)c2)N(c2ccc(Cl)c(Cl)c2)C(=O)N1CC(=O)N/N=C\c1ccc([N+](=O)[O-])cc1. The highest BCUT2D eigenvalue weighted by molar-refractivity contribution is 6.42. The highest BCUT2D eigenvalue weighted by Gasteiger charge is 2.56. The number of nitro groups is 1. The van der Waals surface area contributed by atoms with E-state index >= 15 is 0 Å². The van der Waals surface area contributed by atoms with Crippen LogP contribution in [0.2, 0.25) is 20.1 Å². The van der Waals surface area contributed by atoms with E-state index in [1.807, 2.05) is 0 Å². The van der Waals surface area contributed by atoms with Crippen molar-refractivity contribution in [3.63, 3.8) is 0 Å². The van der Waals surface area contributed by atoms with Crippen LogP contribution < -0.4 is 15.6 Å². The average molecular weight is 683 g/mol. The van der Waals surface area contributed by atoms with Crippen molar-refractivity contribution in [1.82, 2.24) is 15.4 Å². The Balaban J connectivity index is 1.58. The minimum atomic E-state index is -1.38. The number of halogens is 4. The molecule has 0 spiro atoms. The van der Waals surface area contributed by atoms with Crippen LogP contribution in [0.25, 0.3) is 0 Å². The first-order valence-electron chi connectivity index (χ1n) is 12.6. The molecule has 0 radical (unpaired) electrons. The summed E-state index contributed by atoms with van der Waals surface area (Å²) in [6, 6.07) is 12.3. The van der Waals surface area contributed by atoms with Gasteiger partial charge in [-0.05, 0) is 67.9 Å². The summed E-state index contributed by atoms with van der Waals surface area (Å²) in [4.78, 5) is 52.4. The van der Waals surface area contributed by atoms with Crippen LogP contribution in [-0.4, -0.2) is 62.5 Å². The van der Waals surface area contributed by atoms with Crippen LogP contribution >= 0.6 is 46.4 Å². The molecule has 0 bridgehead atoms. The van der Waals surface area contributed by atoms with Gasteiger partial charge in [-0.1, -0.05) is 46.4 Å². The molecule has 1 unspecified atom stereocenters. The van der Waals surface area contributed by atoms with Gasteiger partial charge >= 0.3 is 12.1 Å². The van der Waals surface area contributed by atoms with Gasteiger partial charge < -0.3 is 10.2 Å². The van der Waals surface area contributed by atoms with E-state index in [-0.39, 0.29) is 37.2 Å². The number of hydrazone groups is 1. The molecule has 1 saturated heterocycles. The molecule has 0 aromatic heterocycles. The molecule has 1 aliphatic heterocycles. The molecule has 5 amide bonds.